The largest absolute Gasteiger partial charge is 0.478 e. The second-order valence-electron chi connectivity index (χ2n) is 4.09. The summed E-state index contributed by atoms with van der Waals surface area (Å²) in [6.45, 7) is 1.99. The van der Waals surface area contributed by atoms with Gasteiger partial charge in [-0.25, -0.2) is 4.79 Å². The number of carbonyl (C=O) groups is 1. The van der Waals surface area contributed by atoms with E-state index in [-0.39, 0.29) is 5.56 Å². The third-order valence-electron chi connectivity index (χ3n) is 2.82. The number of nitrogens with zero attached hydrogens (tertiary/aromatic N) is 1. The van der Waals surface area contributed by atoms with Gasteiger partial charge in [0.15, 0.2) is 0 Å². The fourth-order valence-electron chi connectivity index (χ4n) is 1.98. The second-order valence-corrected chi connectivity index (χ2v) is 4.09. The lowest BCUT2D eigenvalue weighted by molar-refractivity contribution is -0.187. The molecule has 92 valence electrons. The van der Waals surface area contributed by atoms with Crippen LogP contribution in [0.15, 0.2) is 18.2 Å². The van der Waals surface area contributed by atoms with Crippen LogP contribution in [0.3, 0.4) is 0 Å². The molecule has 0 spiro atoms. The lowest BCUT2D eigenvalue weighted by atomic mass is 10.1. The lowest BCUT2D eigenvalue weighted by Gasteiger charge is -2.26. The Labute approximate surface area is 99.7 Å². The molecule has 0 aromatic heterocycles. The Kier molecular flexibility index (Phi) is 3.61. The smallest absolute Gasteiger partial charge is 0.338 e. The van der Waals surface area contributed by atoms with Crippen LogP contribution in [0.5, 0.6) is 0 Å². The minimum Gasteiger partial charge on any atom is -0.478 e. The summed E-state index contributed by atoms with van der Waals surface area (Å²) in [5.41, 5.74) is 6.86. The van der Waals surface area contributed by atoms with Crippen molar-refractivity contribution in [3.8, 4) is 0 Å². The average Bonchev–Trinajstić information content (AvgIpc) is 2.30. The number of nitrogen functional groups attached to an aromatic ring is 1. The molecule has 17 heavy (non-hydrogen) atoms. The van der Waals surface area contributed by atoms with Crippen LogP contribution in [-0.2, 0) is 11.4 Å². The molecular weight excluding hydrogens is 220 g/mol. The molecule has 5 nitrogen and oxygen atoms in total. The molecule has 1 aliphatic rings. The second kappa shape index (κ2) is 5.16. The van der Waals surface area contributed by atoms with Gasteiger partial charge in [0.05, 0.1) is 18.7 Å². The van der Waals surface area contributed by atoms with Gasteiger partial charge in [0.25, 0.3) is 0 Å². The normalized spacial score (nSPS) is 16.9. The molecule has 0 unspecified atom stereocenters. The van der Waals surface area contributed by atoms with E-state index in [0.29, 0.717) is 24.4 Å². The predicted molar refractivity (Wildman–Crippen MR) is 63.4 cm³/mol. The summed E-state index contributed by atoms with van der Waals surface area (Å²) in [5, 5.41) is 10.9. The maximum atomic E-state index is 11.1. The number of nitrogens with two attached hydrogens (primary N) is 1. The highest BCUT2D eigenvalue weighted by Gasteiger charge is 2.18. The molecule has 1 aliphatic heterocycles. The Morgan fingerprint density at radius 1 is 1.47 bits per heavy atom. The van der Waals surface area contributed by atoms with Crippen molar-refractivity contribution >= 4 is 11.7 Å². The van der Waals surface area contributed by atoms with Gasteiger partial charge in [-0.2, -0.15) is 5.06 Å². The fourth-order valence-corrected chi connectivity index (χ4v) is 1.98. The van der Waals surface area contributed by atoms with Crippen molar-refractivity contribution in [2.45, 2.75) is 19.4 Å². The van der Waals surface area contributed by atoms with Crippen LogP contribution in [0.25, 0.3) is 0 Å². The fraction of sp³-hybridized carbons (Fsp3) is 0.417. The zero-order chi connectivity index (χ0) is 12.3. The van der Waals surface area contributed by atoms with Crippen molar-refractivity contribution in [3.05, 3.63) is 29.3 Å². The Bertz CT molecular complexity index is 414. The first-order valence-corrected chi connectivity index (χ1v) is 5.67. The predicted octanol–water partition coefficient (Wildman–Crippen LogP) is 1.49. The van der Waals surface area contributed by atoms with Gasteiger partial charge in [-0.1, -0.05) is 12.1 Å². The number of anilines is 1. The average molecular weight is 236 g/mol. The Morgan fingerprint density at radius 3 is 2.94 bits per heavy atom. The number of hydrogen-bond donors (Lipinski definition) is 2. The highest BCUT2D eigenvalue weighted by molar-refractivity contribution is 5.95. The first kappa shape index (κ1) is 11.9. The Hall–Kier alpha value is -1.59. The van der Waals surface area contributed by atoms with E-state index in [0.717, 1.165) is 19.4 Å². The monoisotopic (exact) mass is 236 g/mol. The van der Waals surface area contributed by atoms with Crippen molar-refractivity contribution in [1.29, 1.82) is 0 Å². The van der Waals surface area contributed by atoms with Crippen molar-refractivity contribution in [1.82, 2.24) is 5.06 Å². The van der Waals surface area contributed by atoms with E-state index in [4.69, 9.17) is 15.7 Å². The van der Waals surface area contributed by atoms with Crippen molar-refractivity contribution in [2.75, 3.05) is 18.9 Å². The number of aromatic carboxylic acids is 1. The topological polar surface area (TPSA) is 75.8 Å². The molecule has 1 fully saturated rings. The standard InChI is InChI=1S/C12H16N2O3/c13-10-5-3-4-9(11(10)12(15)16)8-14-6-1-2-7-17-14/h3-5H,1-2,6-8,13H2,(H,15,16). The highest BCUT2D eigenvalue weighted by Crippen LogP contribution is 2.20. The molecular formula is C12H16N2O3. The minimum absolute atomic E-state index is 0.182. The first-order valence-electron chi connectivity index (χ1n) is 5.67. The van der Waals surface area contributed by atoms with E-state index < -0.39 is 5.97 Å². The molecule has 0 amide bonds. The van der Waals surface area contributed by atoms with Gasteiger partial charge in [0.2, 0.25) is 0 Å². The molecule has 1 aromatic carbocycles. The van der Waals surface area contributed by atoms with Crippen LogP contribution >= 0.6 is 0 Å². The molecule has 1 saturated heterocycles. The molecule has 0 atom stereocenters. The Morgan fingerprint density at radius 2 is 2.29 bits per heavy atom. The van der Waals surface area contributed by atoms with Crippen LogP contribution in [-0.4, -0.2) is 29.3 Å². The lowest BCUT2D eigenvalue weighted by Crippen LogP contribution is -2.30. The molecule has 5 heteroatoms. The van der Waals surface area contributed by atoms with Gasteiger partial charge in [-0.05, 0) is 24.5 Å². The molecule has 0 bridgehead atoms. The first-order chi connectivity index (χ1) is 8.18. The number of carboxylic acid groups (broad SMARTS) is 1. The Balaban J connectivity index is 2.19. The summed E-state index contributed by atoms with van der Waals surface area (Å²) < 4.78 is 0. The molecule has 0 radical (unpaired) electrons. The van der Waals surface area contributed by atoms with Gasteiger partial charge >= 0.3 is 5.97 Å². The van der Waals surface area contributed by atoms with Crippen molar-refractivity contribution in [3.63, 3.8) is 0 Å². The molecule has 1 heterocycles. The zero-order valence-electron chi connectivity index (χ0n) is 9.56. The van der Waals surface area contributed by atoms with E-state index >= 15 is 0 Å². The van der Waals surface area contributed by atoms with Gasteiger partial charge in [-0.15, -0.1) is 0 Å². The minimum atomic E-state index is -0.991. The van der Waals surface area contributed by atoms with Crippen LogP contribution in [0.4, 0.5) is 5.69 Å². The van der Waals surface area contributed by atoms with Gasteiger partial charge < -0.3 is 10.8 Å². The van der Waals surface area contributed by atoms with Crippen LogP contribution in [0.1, 0.15) is 28.8 Å². The maximum absolute atomic E-state index is 11.1. The number of rotatable bonds is 3. The third-order valence-corrected chi connectivity index (χ3v) is 2.82. The van der Waals surface area contributed by atoms with Crippen molar-refractivity contribution in [2.24, 2.45) is 0 Å². The maximum Gasteiger partial charge on any atom is 0.338 e. The number of hydroxylamine groups is 2. The molecule has 1 aromatic rings. The summed E-state index contributed by atoms with van der Waals surface area (Å²) in [7, 11) is 0. The summed E-state index contributed by atoms with van der Waals surface area (Å²) in [5.74, 6) is -0.991. The highest BCUT2D eigenvalue weighted by atomic mass is 16.7. The molecule has 0 aliphatic carbocycles. The van der Waals surface area contributed by atoms with Gasteiger partial charge in [0, 0.05) is 12.2 Å². The number of hydrogen-bond acceptors (Lipinski definition) is 4. The van der Waals surface area contributed by atoms with Crippen LogP contribution in [0, 0.1) is 0 Å². The quantitative estimate of drug-likeness (QED) is 0.778. The molecule has 2 rings (SSSR count). The van der Waals surface area contributed by atoms with E-state index in [1.54, 1.807) is 23.3 Å². The SMILES string of the molecule is Nc1cccc(CN2CCCCO2)c1C(=O)O. The number of benzene rings is 1. The summed E-state index contributed by atoms with van der Waals surface area (Å²) in [6, 6.07) is 5.14. The van der Waals surface area contributed by atoms with Crippen LogP contribution < -0.4 is 5.73 Å². The van der Waals surface area contributed by atoms with Crippen molar-refractivity contribution < 1.29 is 14.7 Å². The summed E-state index contributed by atoms with van der Waals surface area (Å²) in [6.07, 6.45) is 2.13. The van der Waals surface area contributed by atoms with E-state index in [2.05, 4.69) is 0 Å². The third kappa shape index (κ3) is 2.75. The molecule has 3 N–H and O–H groups in total. The van der Waals surface area contributed by atoms with E-state index in [9.17, 15) is 4.79 Å². The van der Waals surface area contributed by atoms with Crippen LogP contribution in [0.2, 0.25) is 0 Å². The number of carboxylic acids is 1. The van der Waals surface area contributed by atoms with E-state index in [1.807, 2.05) is 0 Å². The zero-order valence-corrected chi connectivity index (χ0v) is 9.56. The van der Waals surface area contributed by atoms with Gasteiger partial charge in [-0.3, -0.25) is 4.84 Å². The summed E-state index contributed by atoms with van der Waals surface area (Å²) in [4.78, 5) is 16.6. The molecule has 0 saturated carbocycles. The van der Waals surface area contributed by atoms with E-state index in [1.165, 1.54) is 0 Å². The van der Waals surface area contributed by atoms with Gasteiger partial charge in [0.1, 0.15) is 0 Å². The summed E-state index contributed by atoms with van der Waals surface area (Å²) >= 11 is 0.